The van der Waals surface area contributed by atoms with Crippen molar-refractivity contribution < 1.29 is 18.7 Å². The molecule has 0 spiro atoms. The van der Waals surface area contributed by atoms with Gasteiger partial charge in [-0.15, -0.1) is 0 Å². The fraction of sp³-hybridized carbons (Fsp3) is 0.417. The lowest BCUT2D eigenvalue weighted by molar-refractivity contribution is -0.142. The van der Waals surface area contributed by atoms with Crippen molar-refractivity contribution in [3.63, 3.8) is 0 Å². The minimum atomic E-state index is -0.695. The molecule has 2 rings (SSSR count). The Morgan fingerprint density at radius 1 is 1.07 bits per heavy atom. The van der Waals surface area contributed by atoms with E-state index in [1.807, 2.05) is 45.9 Å². The van der Waals surface area contributed by atoms with Gasteiger partial charge in [0.25, 0.3) is 5.91 Å². The summed E-state index contributed by atoms with van der Waals surface area (Å²) >= 11 is 0. The Morgan fingerprint density at radius 3 is 2.23 bits per heavy atom. The standard InChI is InChI=1S/C24H31FN2O3/c1-6-18(4)26-24(29)19(5)27(14-20-7-9-21(25)10-8-20)23(28)15-30-22-12-16(2)11-17(3)13-22/h7-13,18-19H,6,14-15H2,1-5H3,(H,26,29)/t18-,19+/m1/s1. The molecule has 0 aliphatic carbocycles. The number of ether oxygens (including phenoxy) is 1. The molecule has 2 aromatic rings. The summed E-state index contributed by atoms with van der Waals surface area (Å²) in [5.41, 5.74) is 2.82. The van der Waals surface area contributed by atoms with E-state index in [1.54, 1.807) is 19.1 Å². The maximum absolute atomic E-state index is 13.3. The van der Waals surface area contributed by atoms with Crippen LogP contribution >= 0.6 is 0 Å². The molecular formula is C24H31FN2O3. The molecule has 0 unspecified atom stereocenters. The van der Waals surface area contributed by atoms with Gasteiger partial charge in [0.15, 0.2) is 6.61 Å². The van der Waals surface area contributed by atoms with E-state index in [-0.39, 0.29) is 36.8 Å². The molecule has 1 N–H and O–H groups in total. The fourth-order valence-electron chi connectivity index (χ4n) is 3.08. The lowest BCUT2D eigenvalue weighted by Gasteiger charge is -2.29. The quantitative estimate of drug-likeness (QED) is 0.671. The fourth-order valence-corrected chi connectivity index (χ4v) is 3.08. The average molecular weight is 415 g/mol. The van der Waals surface area contributed by atoms with Gasteiger partial charge in [-0.25, -0.2) is 4.39 Å². The molecule has 162 valence electrons. The first-order chi connectivity index (χ1) is 14.2. The second-order valence-electron chi connectivity index (χ2n) is 7.75. The van der Waals surface area contributed by atoms with Crippen LogP contribution in [0.15, 0.2) is 42.5 Å². The van der Waals surface area contributed by atoms with Gasteiger partial charge < -0.3 is 15.0 Å². The Hall–Kier alpha value is -2.89. The van der Waals surface area contributed by atoms with E-state index in [1.165, 1.54) is 17.0 Å². The normalized spacial score (nSPS) is 12.7. The summed E-state index contributed by atoms with van der Waals surface area (Å²) in [4.78, 5) is 27.1. The zero-order chi connectivity index (χ0) is 22.3. The highest BCUT2D eigenvalue weighted by Gasteiger charge is 2.27. The van der Waals surface area contributed by atoms with Gasteiger partial charge in [0.2, 0.25) is 5.91 Å². The molecule has 0 aliphatic rings. The average Bonchev–Trinajstić information content (AvgIpc) is 2.70. The molecule has 0 saturated heterocycles. The first kappa shape index (κ1) is 23.4. The summed E-state index contributed by atoms with van der Waals surface area (Å²) in [7, 11) is 0. The van der Waals surface area contributed by atoms with Crippen molar-refractivity contribution in [1.82, 2.24) is 10.2 Å². The number of hydrogen-bond donors (Lipinski definition) is 1. The van der Waals surface area contributed by atoms with E-state index in [9.17, 15) is 14.0 Å². The van der Waals surface area contributed by atoms with Crippen molar-refractivity contribution in [1.29, 1.82) is 0 Å². The first-order valence-corrected chi connectivity index (χ1v) is 10.2. The summed E-state index contributed by atoms with van der Waals surface area (Å²) in [6.45, 7) is 9.51. The van der Waals surface area contributed by atoms with Crippen LogP contribution in [0.3, 0.4) is 0 Å². The third-order valence-electron chi connectivity index (χ3n) is 4.99. The molecule has 0 bridgehead atoms. The van der Waals surface area contributed by atoms with E-state index >= 15 is 0 Å². The number of amides is 2. The molecule has 2 aromatic carbocycles. The number of carbonyl (C=O) groups is 2. The Balaban J connectivity index is 2.16. The number of hydrogen-bond acceptors (Lipinski definition) is 3. The predicted octanol–water partition coefficient (Wildman–Crippen LogP) is 4.15. The molecule has 30 heavy (non-hydrogen) atoms. The van der Waals surface area contributed by atoms with Gasteiger partial charge >= 0.3 is 0 Å². The molecular weight excluding hydrogens is 383 g/mol. The molecule has 2 atom stereocenters. The Bertz CT molecular complexity index is 847. The van der Waals surface area contributed by atoms with Crippen molar-refractivity contribution >= 4 is 11.8 Å². The first-order valence-electron chi connectivity index (χ1n) is 10.2. The molecule has 6 heteroatoms. The zero-order valence-corrected chi connectivity index (χ0v) is 18.4. The third-order valence-corrected chi connectivity index (χ3v) is 4.99. The van der Waals surface area contributed by atoms with E-state index < -0.39 is 6.04 Å². The zero-order valence-electron chi connectivity index (χ0n) is 18.4. The van der Waals surface area contributed by atoms with Crippen LogP contribution in [0.5, 0.6) is 5.75 Å². The van der Waals surface area contributed by atoms with Crippen molar-refractivity contribution in [2.75, 3.05) is 6.61 Å². The largest absolute Gasteiger partial charge is 0.484 e. The topological polar surface area (TPSA) is 58.6 Å². The molecule has 5 nitrogen and oxygen atoms in total. The second-order valence-corrected chi connectivity index (χ2v) is 7.75. The summed E-state index contributed by atoms with van der Waals surface area (Å²) in [6.07, 6.45) is 0.792. The minimum Gasteiger partial charge on any atom is -0.484 e. The smallest absolute Gasteiger partial charge is 0.261 e. The highest BCUT2D eigenvalue weighted by atomic mass is 19.1. The van der Waals surface area contributed by atoms with Crippen LogP contribution in [0.4, 0.5) is 4.39 Å². The number of nitrogens with one attached hydrogen (secondary N) is 1. The number of benzene rings is 2. The van der Waals surface area contributed by atoms with Crippen LogP contribution in [0.25, 0.3) is 0 Å². The Labute approximate surface area is 178 Å². The summed E-state index contributed by atoms with van der Waals surface area (Å²) in [5, 5.41) is 2.91. The molecule has 0 radical (unpaired) electrons. The summed E-state index contributed by atoms with van der Waals surface area (Å²) in [6, 6.07) is 11.0. The van der Waals surface area contributed by atoms with E-state index in [0.717, 1.165) is 23.1 Å². The predicted molar refractivity (Wildman–Crippen MR) is 116 cm³/mol. The van der Waals surface area contributed by atoms with Crippen molar-refractivity contribution in [3.05, 3.63) is 65.0 Å². The molecule has 0 fully saturated rings. The van der Waals surface area contributed by atoms with Gasteiger partial charge in [-0.3, -0.25) is 9.59 Å². The minimum absolute atomic E-state index is 0.00856. The van der Waals surface area contributed by atoms with E-state index in [0.29, 0.717) is 5.75 Å². The number of aryl methyl sites for hydroxylation is 2. The van der Waals surface area contributed by atoms with Crippen LogP contribution in [-0.4, -0.2) is 35.4 Å². The van der Waals surface area contributed by atoms with Crippen LogP contribution in [0.2, 0.25) is 0 Å². The highest BCUT2D eigenvalue weighted by Crippen LogP contribution is 2.17. The van der Waals surface area contributed by atoms with E-state index in [4.69, 9.17) is 4.74 Å². The van der Waals surface area contributed by atoms with Crippen LogP contribution in [-0.2, 0) is 16.1 Å². The number of halogens is 1. The van der Waals surface area contributed by atoms with Crippen LogP contribution < -0.4 is 10.1 Å². The van der Waals surface area contributed by atoms with E-state index in [2.05, 4.69) is 5.32 Å². The molecule has 0 saturated carbocycles. The van der Waals surface area contributed by atoms with Gasteiger partial charge in [-0.1, -0.05) is 25.1 Å². The lowest BCUT2D eigenvalue weighted by atomic mass is 10.1. The maximum atomic E-state index is 13.3. The summed E-state index contributed by atoms with van der Waals surface area (Å²) < 4.78 is 19.0. The van der Waals surface area contributed by atoms with Gasteiger partial charge in [0, 0.05) is 12.6 Å². The van der Waals surface area contributed by atoms with Crippen molar-refractivity contribution in [2.45, 2.75) is 59.7 Å². The third kappa shape index (κ3) is 6.87. The lowest BCUT2D eigenvalue weighted by Crippen LogP contribution is -2.50. The van der Waals surface area contributed by atoms with Crippen LogP contribution in [0, 0.1) is 19.7 Å². The summed E-state index contributed by atoms with van der Waals surface area (Å²) in [5.74, 6) is -0.284. The number of carbonyl (C=O) groups excluding carboxylic acids is 2. The van der Waals surface area contributed by atoms with Crippen molar-refractivity contribution in [3.8, 4) is 5.75 Å². The van der Waals surface area contributed by atoms with Crippen molar-refractivity contribution in [2.24, 2.45) is 0 Å². The number of rotatable bonds is 9. The highest BCUT2D eigenvalue weighted by molar-refractivity contribution is 5.88. The molecule has 0 heterocycles. The maximum Gasteiger partial charge on any atom is 0.261 e. The van der Waals surface area contributed by atoms with Gasteiger partial charge in [0.1, 0.15) is 17.6 Å². The SMILES string of the molecule is CC[C@@H](C)NC(=O)[C@H](C)N(Cc1ccc(F)cc1)C(=O)COc1cc(C)cc(C)c1. The second kappa shape index (κ2) is 10.8. The molecule has 0 aromatic heterocycles. The van der Waals surface area contributed by atoms with Gasteiger partial charge in [-0.2, -0.15) is 0 Å². The molecule has 0 aliphatic heterocycles. The Kier molecular flexibility index (Phi) is 8.39. The Morgan fingerprint density at radius 2 is 1.67 bits per heavy atom. The van der Waals surface area contributed by atoms with Gasteiger partial charge in [-0.05, 0) is 75.1 Å². The monoisotopic (exact) mass is 414 g/mol. The van der Waals surface area contributed by atoms with Crippen LogP contribution in [0.1, 0.15) is 43.9 Å². The molecule has 2 amide bonds. The van der Waals surface area contributed by atoms with Gasteiger partial charge in [0.05, 0.1) is 0 Å². The number of nitrogens with zero attached hydrogens (tertiary/aromatic N) is 1.